The van der Waals surface area contributed by atoms with E-state index in [2.05, 4.69) is 0 Å². The van der Waals surface area contributed by atoms with Crippen LogP contribution in [0.1, 0.15) is 22.5 Å². The molecule has 1 aromatic heterocycles. The summed E-state index contributed by atoms with van der Waals surface area (Å²) in [6.45, 7) is 0.708. The molecule has 0 bridgehead atoms. The molecule has 3 rings (SSSR count). The van der Waals surface area contributed by atoms with Crippen molar-refractivity contribution in [3.05, 3.63) is 35.0 Å². The number of carbonyl (C=O) groups is 3. The minimum Gasteiger partial charge on any atom is -0.481 e. The van der Waals surface area contributed by atoms with Crippen LogP contribution >= 0.6 is 11.3 Å². The quantitative estimate of drug-likeness (QED) is 0.886. The van der Waals surface area contributed by atoms with Crippen LogP contribution in [0.15, 0.2) is 24.3 Å². The third-order valence-corrected chi connectivity index (χ3v) is 5.71. The highest BCUT2D eigenvalue weighted by Crippen LogP contribution is 2.27. The summed E-state index contributed by atoms with van der Waals surface area (Å²) in [4.78, 5) is 39.3. The van der Waals surface area contributed by atoms with Gasteiger partial charge in [0, 0.05) is 24.8 Å². The van der Waals surface area contributed by atoms with E-state index >= 15 is 0 Å². The molecule has 0 atom stereocenters. The van der Waals surface area contributed by atoms with Gasteiger partial charge in [-0.25, -0.2) is 4.39 Å². The molecule has 0 saturated carbocycles. The molecule has 6 nitrogen and oxygen atoms in total. The Hall–Kier alpha value is -2.48. The van der Waals surface area contributed by atoms with Crippen molar-refractivity contribution in [1.29, 1.82) is 0 Å². The van der Waals surface area contributed by atoms with E-state index in [1.807, 2.05) is 0 Å². The van der Waals surface area contributed by atoms with Gasteiger partial charge in [-0.15, -0.1) is 11.3 Å². The van der Waals surface area contributed by atoms with Gasteiger partial charge in [-0.3, -0.25) is 14.4 Å². The van der Waals surface area contributed by atoms with Crippen LogP contribution in [0.2, 0.25) is 0 Å². The Labute approximate surface area is 153 Å². The first-order valence-electron chi connectivity index (χ1n) is 8.30. The maximum Gasteiger partial charge on any atom is 0.306 e. The number of thiophene rings is 1. The van der Waals surface area contributed by atoms with Crippen LogP contribution in [0.3, 0.4) is 0 Å². The summed E-state index contributed by atoms with van der Waals surface area (Å²) in [5.74, 6) is -2.08. The van der Waals surface area contributed by atoms with Crippen LogP contribution in [-0.4, -0.2) is 59.4 Å². The fraction of sp³-hybridized carbons (Fsp3) is 0.389. The van der Waals surface area contributed by atoms with Gasteiger partial charge < -0.3 is 14.9 Å². The van der Waals surface area contributed by atoms with Gasteiger partial charge in [0.1, 0.15) is 5.82 Å². The van der Waals surface area contributed by atoms with E-state index in [4.69, 9.17) is 5.11 Å². The monoisotopic (exact) mass is 378 g/mol. The van der Waals surface area contributed by atoms with E-state index in [1.165, 1.54) is 28.4 Å². The molecule has 0 aliphatic carbocycles. The predicted octanol–water partition coefficient (Wildman–Crippen LogP) is 2.44. The smallest absolute Gasteiger partial charge is 0.306 e. The summed E-state index contributed by atoms with van der Waals surface area (Å²) < 4.78 is 14.1. The average Bonchev–Trinajstić information content (AvgIpc) is 3.04. The Bertz CT molecular complexity index is 858. The summed E-state index contributed by atoms with van der Waals surface area (Å²) in [6, 6.07) is 5.98. The standard InChI is InChI=1S/C18H19FN2O4S/c1-20(10-16(22)21-6-4-11(5-7-21)18(24)25)17(23)15-9-12-8-13(19)2-3-14(12)26-15/h2-3,8-9,11H,4-7,10H2,1H3,(H,24,25). The molecule has 1 N–H and O–H groups in total. The molecular weight excluding hydrogens is 359 g/mol. The van der Waals surface area contributed by atoms with E-state index < -0.39 is 11.9 Å². The first-order valence-corrected chi connectivity index (χ1v) is 9.12. The Morgan fingerprint density at radius 3 is 2.62 bits per heavy atom. The number of likely N-dealkylation sites (tertiary alicyclic amines) is 1. The first-order chi connectivity index (χ1) is 12.3. The SMILES string of the molecule is CN(CC(=O)N1CCC(C(=O)O)CC1)C(=O)c1cc2cc(F)ccc2s1. The third kappa shape index (κ3) is 3.85. The highest BCUT2D eigenvalue weighted by atomic mass is 32.1. The van der Waals surface area contributed by atoms with Crippen LogP contribution in [-0.2, 0) is 9.59 Å². The van der Waals surface area contributed by atoms with Gasteiger partial charge in [-0.05, 0) is 42.5 Å². The molecule has 1 aromatic carbocycles. The number of likely N-dealkylation sites (N-methyl/N-ethyl adjacent to an activating group) is 1. The molecule has 1 aliphatic rings. The molecule has 8 heteroatoms. The fourth-order valence-corrected chi connectivity index (χ4v) is 4.10. The van der Waals surface area contributed by atoms with Gasteiger partial charge >= 0.3 is 5.97 Å². The number of amides is 2. The highest BCUT2D eigenvalue weighted by Gasteiger charge is 2.28. The molecule has 26 heavy (non-hydrogen) atoms. The lowest BCUT2D eigenvalue weighted by molar-refractivity contribution is -0.145. The molecular formula is C18H19FN2O4S. The maximum atomic E-state index is 13.3. The van der Waals surface area contributed by atoms with Crippen molar-refractivity contribution >= 4 is 39.2 Å². The lowest BCUT2D eigenvalue weighted by Crippen LogP contribution is -2.45. The molecule has 1 aliphatic heterocycles. The van der Waals surface area contributed by atoms with Crippen LogP contribution in [0.5, 0.6) is 0 Å². The number of rotatable bonds is 4. The second-order valence-corrected chi connectivity index (χ2v) is 7.53. The molecule has 2 amide bonds. The molecule has 0 spiro atoms. The van der Waals surface area contributed by atoms with E-state index in [9.17, 15) is 18.8 Å². The van der Waals surface area contributed by atoms with Gasteiger partial charge in [0.05, 0.1) is 17.3 Å². The molecule has 138 valence electrons. The van der Waals surface area contributed by atoms with Crippen molar-refractivity contribution < 1.29 is 23.9 Å². The minimum absolute atomic E-state index is 0.0703. The van der Waals surface area contributed by atoms with Crippen molar-refractivity contribution in [2.45, 2.75) is 12.8 Å². The van der Waals surface area contributed by atoms with E-state index in [0.29, 0.717) is 36.2 Å². The fourth-order valence-electron chi connectivity index (χ4n) is 3.06. The molecule has 1 saturated heterocycles. The number of benzene rings is 1. The van der Waals surface area contributed by atoms with Crippen molar-refractivity contribution in [2.24, 2.45) is 5.92 Å². The molecule has 2 heterocycles. The number of aliphatic carboxylic acids is 1. The average molecular weight is 378 g/mol. The van der Waals surface area contributed by atoms with Gasteiger partial charge in [-0.2, -0.15) is 0 Å². The molecule has 0 unspecified atom stereocenters. The predicted molar refractivity (Wildman–Crippen MR) is 95.7 cm³/mol. The van der Waals surface area contributed by atoms with Gasteiger partial charge in [0.15, 0.2) is 0 Å². The second kappa shape index (κ2) is 7.41. The number of carboxylic acid groups (broad SMARTS) is 1. The third-order valence-electron chi connectivity index (χ3n) is 4.61. The Balaban J connectivity index is 1.61. The number of fused-ring (bicyclic) bond motifs is 1. The first kappa shape index (κ1) is 18.3. The largest absolute Gasteiger partial charge is 0.481 e. The number of nitrogens with zero attached hydrogens (tertiary/aromatic N) is 2. The number of hydrogen-bond acceptors (Lipinski definition) is 4. The van der Waals surface area contributed by atoms with Crippen LogP contribution in [0, 0.1) is 11.7 Å². The number of carbonyl (C=O) groups excluding carboxylic acids is 2. The number of piperidine rings is 1. The number of halogens is 1. The van der Waals surface area contributed by atoms with Crippen molar-refractivity contribution in [3.63, 3.8) is 0 Å². The Morgan fingerprint density at radius 1 is 1.27 bits per heavy atom. The van der Waals surface area contributed by atoms with Crippen molar-refractivity contribution in [3.8, 4) is 0 Å². The Kier molecular flexibility index (Phi) is 5.22. The summed E-state index contributed by atoms with van der Waals surface area (Å²) in [5.41, 5.74) is 0. The van der Waals surface area contributed by atoms with Crippen LogP contribution in [0.25, 0.3) is 10.1 Å². The summed E-state index contributed by atoms with van der Waals surface area (Å²) >= 11 is 1.26. The van der Waals surface area contributed by atoms with Crippen molar-refractivity contribution in [2.75, 3.05) is 26.7 Å². The van der Waals surface area contributed by atoms with Crippen molar-refractivity contribution in [1.82, 2.24) is 9.80 Å². The van der Waals surface area contributed by atoms with Gasteiger partial charge in [0.2, 0.25) is 5.91 Å². The molecule has 0 radical (unpaired) electrons. The maximum absolute atomic E-state index is 13.3. The minimum atomic E-state index is -0.828. The zero-order chi connectivity index (χ0) is 18.8. The number of carboxylic acids is 1. The zero-order valence-electron chi connectivity index (χ0n) is 14.3. The zero-order valence-corrected chi connectivity index (χ0v) is 15.1. The van der Waals surface area contributed by atoms with E-state index in [0.717, 1.165) is 4.70 Å². The molecule has 1 fully saturated rings. The summed E-state index contributed by atoms with van der Waals surface area (Å²) in [5, 5.41) is 9.67. The number of hydrogen-bond donors (Lipinski definition) is 1. The Morgan fingerprint density at radius 2 is 1.96 bits per heavy atom. The topological polar surface area (TPSA) is 77.9 Å². The van der Waals surface area contributed by atoms with Gasteiger partial charge in [-0.1, -0.05) is 0 Å². The van der Waals surface area contributed by atoms with Crippen LogP contribution in [0.4, 0.5) is 4.39 Å². The lowest BCUT2D eigenvalue weighted by atomic mass is 9.97. The van der Waals surface area contributed by atoms with Gasteiger partial charge in [0.25, 0.3) is 5.91 Å². The lowest BCUT2D eigenvalue weighted by Gasteiger charge is -2.31. The normalized spacial score (nSPS) is 15.2. The molecule has 2 aromatic rings. The highest BCUT2D eigenvalue weighted by molar-refractivity contribution is 7.20. The van der Waals surface area contributed by atoms with Crippen LogP contribution < -0.4 is 0 Å². The van der Waals surface area contributed by atoms with E-state index in [1.54, 1.807) is 24.1 Å². The van der Waals surface area contributed by atoms with E-state index in [-0.39, 0.29) is 24.2 Å². The summed E-state index contributed by atoms with van der Waals surface area (Å²) in [7, 11) is 1.55. The second-order valence-electron chi connectivity index (χ2n) is 6.45. The summed E-state index contributed by atoms with van der Waals surface area (Å²) in [6.07, 6.45) is 0.862.